The maximum atomic E-state index is 12.2. The Morgan fingerprint density at radius 2 is 0.729 bits per heavy atom. The number of aliphatic hydroxyl groups excluding tert-OH is 1. The maximum absolute atomic E-state index is 12.2. The number of hydrogen-bond donors (Lipinski definition) is 1. The van der Waals surface area contributed by atoms with Gasteiger partial charge in [-0.15, -0.1) is 0 Å². The average Bonchev–Trinajstić information content (AvgIpc) is 3.24. The van der Waals surface area contributed by atoms with Crippen LogP contribution in [0.25, 0.3) is 0 Å². The van der Waals surface area contributed by atoms with E-state index in [1.54, 1.807) is 0 Å². The Balaban J connectivity index is 3.53. The first kappa shape index (κ1) is 55.8. The first-order valence-corrected chi connectivity index (χ1v) is 24.3. The van der Waals surface area contributed by atoms with Gasteiger partial charge in [0, 0.05) is 12.8 Å². The first-order chi connectivity index (χ1) is 29.1. The zero-order valence-corrected chi connectivity index (χ0v) is 38.2. The molecule has 0 heterocycles. The summed E-state index contributed by atoms with van der Waals surface area (Å²) in [7, 11) is 0. The predicted molar refractivity (Wildman–Crippen MR) is 256 cm³/mol. The van der Waals surface area contributed by atoms with Crippen LogP contribution in [-0.2, 0) is 19.1 Å². The van der Waals surface area contributed by atoms with Crippen LogP contribution in [-0.4, -0.2) is 36.4 Å². The topological polar surface area (TPSA) is 72.8 Å². The van der Waals surface area contributed by atoms with E-state index in [0.717, 1.165) is 89.9 Å². The van der Waals surface area contributed by atoms with Gasteiger partial charge in [0.15, 0.2) is 6.10 Å². The average molecular weight is 819 g/mol. The van der Waals surface area contributed by atoms with E-state index in [4.69, 9.17) is 9.47 Å². The Morgan fingerprint density at radius 1 is 0.407 bits per heavy atom. The number of rotatable bonds is 43. The molecular weight excluding hydrogens is 729 g/mol. The molecule has 0 saturated carbocycles. The van der Waals surface area contributed by atoms with Gasteiger partial charge in [-0.25, -0.2) is 0 Å². The minimum absolute atomic E-state index is 0.0683. The van der Waals surface area contributed by atoms with Gasteiger partial charge in [-0.3, -0.25) is 9.59 Å². The molecule has 336 valence electrons. The molecule has 0 bridgehead atoms. The molecule has 0 saturated heterocycles. The van der Waals surface area contributed by atoms with Crippen LogP contribution in [0.2, 0.25) is 0 Å². The van der Waals surface area contributed by atoms with Gasteiger partial charge in [0.25, 0.3) is 0 Å². The molecule has 0 spiro atoms. The van der Waals surface area contributed by atoms with Gasteiger partial charge >= 0.3 is 11.9 Å². The van der Waals surface area contributed by atoms with Gasteiger partial charge in [-0.2, -0.15) is 0 Å². The summed E-state index contributed by atoms with van der Waals surface area (Å²) in [5.41, 5.74) is 0. The van der Waals surface area contributed by atoms with E-state index in [2.05, 4.69) is 111 Å². The molecule has 0 aliphatic heterocycles. The van der Waals surface area contributed by atoms with E-state index in [9.17, 15) is 14.7 Å². The lowest BCUT2D eigenvalue weighted by Crippen LogP contribution is -2.28. The van der Waals surface area contributed by atoms with E-state index >= 15 is 0 Å². The van der Waals surface area contributed by atoms with Gasteiger partial charge in [0.05, 0.1) is 6.61 Å². The third-order valence-electron chi connectivity index (χ3n) is 10.1. The highest BCUT2D eigenvalue weighted by atomic mass is 16.6. The van der Waals surface area contributed by atoms with Crippen molar-refractivity contribution in [1.82, 2.24) is 0 Å². The summed E-state index contributed by atoms with van der Waals surface area (Å²) in [6.07, 6.45) is 69.5. The van der Waals surface area contributed by atoms with Crippen molar-refractivity contribution in [3.63, 3.8) is 0 Å². The molecule has 1 atom stereocenters. The normalized spacial score (nSPS) is 13.1. The zero-order chi connectivity index (χ0) is 42.8. The van der Waals surface area contributed by atoms with Crippen molar-refractivity contribution in [3.05, 3.63) is 97.2 Å². The van der Waals surface area contributed by atoms with Gasteiger partial charge < -0.3 is 14.6 Å². The molecule has 5 nitrogen and oxygen atoms in total. The number of aliphatic hydroxyl groups is 1. The number of allylic oxidation sites excluding steroid dienone is 16. The molecule has 59 heavy (non-hydrogen) atoms. The largest absolute Gasteiger partial charge is 0.462 e. The lowest BCUT2D eigenvalue weighted by atomic mass is 10.0. The highest BCUT2D eigenvalue weighted by molar-refractivity contribution is 5.70. The summed E-state index contributed by atoms with van der Waals surface area (Å²) in [5.74, 6) is -0.600. The van der Waals surface area contributed by atoms with Crippen molar-refractivity contribution < 1.29 is 24.2 Å². The number of esters is 2. The summed E-state index contributed by atoms with van der Waals surface area (Å²) in [5, 5.41) is 9.55. The third kappa shape index (κ3) is 47.4. The van der Waals surface area contributed by atoms with E-state index < -0.39 is 6.10 Å². The SMILES string of the molecule is CC/C=C\C/C=C\C/C=C\C/C=C\C/C=C\C/C=C\C/C=C\C/C=C\CCCCCCCCCCCCCCC(=O)OC(CO)COC(=O)CCCCCCCCCC. The van der Waals surface area contributed by atoms with E-state index in [-0.39, 0.29) is 25.2 Å². The van der Waals surface area contributed by atoms with Crippen LogP contribution in [0.15, 0.2) is 97.2 Å². The summed E-state index contributed by atoms with van der Waals surface area (Å²) in [4.78, 5) is 24.2. The number of carbonyl (C=O) groups excluding carboxylic acids is 2. The van der Waals surface area contributed by atoms with Crippen LogP contribution >= 0.6 is 0 Å². The minimum atomic E-state index is -0.773. The Hall–Kier alpha value is -3.18. The summed E-state index contributed by atoms with van der Waals surface area (Å²) in [6, 6.07) is 0. The van der Waals surface area contributed by atoms with Crippen LogP contribution in [0.3, 0.4) is 0 Å². The summed E-state index contributed by atoms with van der Waals surface area (Å²) >= 11 is 0. The Bertz CT molecular complexity index is 1150. The molecule has 0 aliphatic carbocycles. The molecule has 0 fully saturated rings. The summed E-state index contributed by atoms with van der Waals surface area (Å²) in [6.45, 7) is 3.98. The number of hydrogen-bond acceptors (Lipinski definition) is 5. The summed E-state index contributed by atoms with van der Waals surface area (Å²) < 4.78 is 10.6. The lowest BCUT2D eigenvalue weighted by Gasteiger charge is -2.15. The molecule has 0 radical (unpaired) electrons. The monoisotopic (exact) mass is 819 g/mol. The molecule has 0 aromatic heterocycles. The fraction of sp³-hybridized carbons (Fsp3) is 0.667. The second kappa shape index (κ2) is 49.2. The Morgan fingerprint density at radius 3 is 1.10 bits per heavy atom. The van der Waals surface area contributed by atoms with Crippen molar-refractivity contribution in [2.45, 2.75) is 219 Å². The van der Waals surface area contributed by atoms with Crippen molar-refractivity contribution in [1.29, 1.82) is 0 Å². The molecule has 0 aromatic carbocycles. The molecule has 0 rings (SSSR count). The van der Waals surface area contributed by atoms with Crippen LogP contribution < -0.4 is 0 Å². The predicted octanol–water partition coefficient (Wildman–Crippen LogP) is 16.0. The Kier molecular flexibility index (Phi) is 46.5. The molecule has 0 aliphatic rings. The number of unbranched alkanes of at least 4 members (excludes halogenated alkanes) is 19. The highest BCUT2D eigenvalue weighted by Crippen LogP contribution is 2.14. The molecule has 5 heteroatoms. The van der Waals surface area contributed by atoms with Gasteiger partial charge in [0.2, 0.25) is 0 Å². The second-order valence-corrected chi connectivity index (χ2v) is 15.8. The van der Waals surface area contributed by atoms with Crippen molar-refractivity contribution in [2.75, 3.05) is 13.2 Å². The minimum Gasteiger partial charge on any atom is -0.462 e. The van der Waals surface area contributed by atoms with Crippen molar-refractivity contribution >= 4 is 11.9 Å². The molecule has 0 amide bonds. The van der Waals surface area contributed by atoms with E-state index in [1.165, 1.54) is 96.3 Å². The van der Waals surface area contributed by atoms with Crippen LogP contribution in [0.4, 0.5) is 0 Å². The van der Waals surface area contributed by atoms with Crippen LogP contribution in [0.1, 0.15) is 213 Å². The second-order valence-electron chi connectivity index (χ2n) is 15.8. The van der Waals surface area contributed by atoms with Crippen molar-refractivity contribution in [2.24, 2.45) is 0 Å². The first-order valence-electron chi connectivity index (χ1n) is 24.3. The lowest BCUT2D eigenvalue weighted by molar-refractivity contribution is -0.161. The molecule has 1 N–H and O–H groups in total. The van der Waals surface area contributed by atoms with Crippen molar-refractivity contribution in [3.8, 4) is 0 Å². The number of carbonyl (C=O) groups is 2. The number of ether oxygens (including phenoxy) is 2. The fourth-order valence-corrected chi connectivity index (χ4v) is 6.51. The fourth-order valence-electron chi connectivity index (χ4n) is 6.51. The molecular formula is C54H90O5. The van der Waals surface area contributed by atoms with Gasteiger partial charge in [-0.05, 0) is 77.0 Å². The smallest absolute Gasteiger partial charge is 0.306 e. The quantitative estimate of drug-likeness (QED) is 0.0377. The van der Waals surface area contributed by atoms with Gasteiger partial charge in [-0.1, -0.05) is 220 Å². The van der Waals surface area contributed by atoms with Crippen LogP contribution in [0, 0.1) is 0 Å². The van der Waals surface area contributed by atoms with E-state index in [0.29, 0.717) is 12.8 Å². The third-order valence-corrected chi connectivity index (χ3v) is 10.1. The standard InChI is InChI=1S/C54H90O5/c1-3-5-7-9-11-13-14-15-16-17-18-19-20-21-22-23-24-25-26-27-28-29-30-31-32-33-34-35-36-37-38-39-40-41-43-45-47-49-54(57)59-52(50-55)51-58-53(56)48-46-44-42-12-10-8-6-4-2/h5,7,11,13,15-16,18-19,21-22,24-25,27-28,30-31,52,55H,3-4,6,8-10,12,14,17,20,23,26,29,32-51H2,1-2H3/b7-5-,13-11-,16-15-,19-18-,22-21-,25-24-,28-27-,31-30-. The van der Waals surface area contributed by atoms with E-state index in [1.807, 2.05) is 0 Å². The van der Waals surface area contributed by atoms with Gasteiger partial charge in [0.1, 0.15) is 6.61 Å². The maximum Gasteiger partial charge on any atom is 0.306 e. The zero-order valence-electron chi connectivity index (χ0n) is 38.2. The molecule has 0 aromatic rings. The Labute approximate surface area is 364 Å². The highest BCUT2D eigenvalue weighted by Gasteiger charge is 2.16. The molecule has 1 unspecified atom stereocenters. The van der Waals surface area contributed by atoms with Crippen LogP contribution in [0.5, 0.6) is 0 Å².